The Morgan fingerprint density at radius 3 is 2.41 bits per heavy atom. The number of piperidine rings is 1. The summed E-state index contributed by atoms with van der Waals surface area (Å²) in [5.74, 6) is -1.96. The van der Waals surface area contributed by atoms with Gasteiger partial charge in [0.15, 0.2) is 11.6 Å². The summed E-state index contributed by atoms with van der Waals surface area (Å²) >= 11 is 0. The van der Waals surface area contributed by atoms with Crippen LogP contribution in [0, 0.1) is 11.6 Å². The summed E-state index contributed by atoms with van der Waals surface area (Å²) in [5, 5.41) is 9.66. The van der Waals surface area contributed by atoms with Gasteiger partial charge in [-0.1, -0.05) is 36.4 Å². The molecule has 2 aromatic rings. The first-order valence-electron chi connectivity index (χ1n) is 8.80. The minimum absolute atomic E-state index is 0.0374. The van der Waals surface area contributed by atoms with Crippen LogP contribution in [0.3, 0.4) is 0 Å². The zero-order chi connectivity index (χ0) is 19.3. The van der Waals surface area contributed by atoms with Crippen molar-refractivity contribution in [3.05, 3.63) is 71.8 Å². The van der Waals surface area contributed by atoms with E-state index in [1.54, 1.807) is 18.2 Å². The molecule has 0 unspecified atom stereocenters. The quantitative estimate of drug-likeness (QED) is 0.832. The van der Waals surface area contributed by atoms with Crippen molar-refractivity contribution >= 4 is 12.0 Å². The fourth-order valence-corrected chi connectivity index (χ4v) is 3.11. The monoisotopic (exact) mass is 373 g/mol. The van der Waals surface area contributed by atoms with E-state index >= 15 is 0 Å². The van der Waals surface area contributed by atoms with E-state index in [0.29, 0.717) is 19.6 Å². The third-order valence-electron chi connectivity index (χ3n) is 4.74. The van der Waals surface area contributed by atoms with Crippen molar-refractivity contribution in [1.29, 1.82) is 0 Å². The molecule has 0 amide bonds. The molecule has 4 nitrogen and oxygen atoms in total. The van der Waals surface area contributed by atoms with Crippen molar-refractivity contribution in [3.63, 3.8) is 0 Å². The van der Waals surface area contributed by atoms with Crippen LogP contribution in [0.4, 0.5) is 8.78 Å². The number of ether oxygens (including phenoxy) is 1. The highest BCUT2D eigenvalue weighted by molar-refractivity contribution is 5.78. The van der Waals surface area contributed by atoms with Gasteiger partial charge in [-0.15, -0.1) is 0 Å². The van der Waals surface area contributed by atoms with Gasteiger partial charge in [-0.05, 0) is 29.8 Å². The number of carboxylic acids is 1. The molecular weight excluding hydrogens is 352 g/mol. The smallest absolute Gasteiger partial charge is 0.348 e. The number of para-hydroxylation sites is 1. The van der Waals surface area contributed by atoms with Crippen LogP contribution in [-0.4, -0.2) is 41.2 Å². The van der Waals surface area contributed by atoms with Gasteiger partial charge in [-0.2, -0.15) is 0 Å². The molecule has 1 aliphatic rings. The summed E-state index contributed by atoms with van der Waals surface area (Å²) in [6.07, 6.45) is 4.38. The van der Waals surface area contributed by atoms with Crippen molar-refractivity contribution < 1.29 is 23.4 Å². The molecule has 2 aromatic carbocycles. The van der Waals surface area contributed by atoms with E-state index in [4.69, 9.17) is 4.74 Å². The number of hydrogen-bond acceptors (Lipinski definition) is 3. The fourth-order valence-electron chi connectivity index (χ4n) is 3.11. The maximum atomic E-state index is 13.8. The largest absolute Gasteiger partial charge is 0.478 e. The number of nitrogens with zero attached hydrogens (tertiary/aromatic N) is 1. The van der Waals surface area contributed by atoms with Crippen LogP contribution < -0.4 is 4.74 Å². The third kappa shape index (κ3) is 4.71. The van der Waals surface area contributed by atoms with E-state index in [-0.39, 0.29) is 24.4 Å². The van der Waals surface area contributed by atoms with Crippen molar-refractivity contribution in [2.75, 3.05) is 19.6 Å². The van der Waals surface area contributed by atoms with E-state index in [1.165, 1.54) is 30.3 Å². The zero-order valence-corrected chi connectivity index (χ0v) is 14.8. The number of carboxylic acid groups (broad SMARTS) is 1. The van der Waals surface area contributed by atoms with Gasteiger partial charge < -0.3 is 9.84 Å². The fraction of sp³-hybridized carbons (Fsp3) is 0.286. The van der Waals surface area contributed by atoms with Gasteiger partial charge in [0.1, 0.15) is 5.82 Å². The summed E-state index contributed by atoms with van der Waals surface area (Å²) in [6.45, 7) is 1.69. The molecule has 142 valence electrons. The average molecular weight is 373 g/mol. The van der Waals surface area contributed by atoms with Crippen molar-refractivity contribution in [2.45, 2.75) is 18.4 Å². The number of benzene rings is 2. The number of rotatable bonds is 6. The van der Waals surface area contributed by atoms with Crippen LogP contribution in [0.2, 0.25) is 0 Å². The van der Waals surface area contributed by atoms with Crippen LogP contribution in [0.1, 0.15) is 18.4 Å². The lowest BCUT2D eigenvalue weighted by Gasteiger charge is -2.38. The van der Waals surface area contributed by atoms with E-state index in [9.17, 15) is 18.7 Å². The van der Waals surface area contributed by atoms with Crippen LogP contribution in [0.15, 0.2) is 54.6 Å². The number of hydrogen-bond donors (Lipinski definition) is 1. The second-order valence-corrected chi connectivity index (χ2v) is 6.59. The number of carbonyl (C=O) groups is 1. The summed E-state index contributed by atoms with van der Waals surface area (Å²) in [5.41, 5.74) is -0.518. The van der Waals surface area contributed by atoms with Crippen molar-refractivity contribution in [3.8, 4) is 5.75 Å². The molecule has 27 heavy (non-hydrogen) atoms. The number of aliphatic carboxylic acids is 1. The van der Waals surface area contributed by atoms with E-state index in [1.807, 2.05) is 12.2 Å². The van der Waals surface area contributed by atoms with Gasteiger partial charge in [0.25, 0.3) is 0 Å². The minimum Gasteiger partial charge on any atom is -0.478 e. The normalized spacial score (nSPS) is 17.1. The van der Waals surface area contributed by atoms with Crippen LogP contribution in [0.25, 0.3) is 6.08 Å². The molecule has 0 aromatic heterocycles. The lowest BCUT2D eigenvalue weighted by atomic mass is 9.91. The lowest BCUT2D eigenvalue weighted by Crippen LogP contribution is -2.53. The highest BCUT2D eigenvalue weighted by Crippen LogP contribution is 2.30. The first kappa shape index (κ1) is 19.0. The Labute approximate surface area is 156 Å². The summed E-state index contributed by atoms with van der Waals surface area (Å²) in [4.78, 5) is 13.9. The molecule has 0 atom stereocenters. The van der Waals surface area contributed by atoms with E-state index in [0.717, 1.165) is 5.56 Å². The van der Waals surface area contributed by atoms with Crippen LogP contribution >= 0.6 is 0 Å². The molecule has 1 fully saturated rings. The first-order chi connectivity index (χ1) is 13.0. The van der Waals surface area contributed by atoms with Gasteiger partial charge in [-0.25, -0.2) is 13.6 Å². The second-order valence-electron chi connectivity index (χ2n) is 6.59. The van der Waals surface area contributed by atoms with Crippen LogP contribution in [-0.2, 0) is 4.79 Å². The molecule has 6 heteroatoms. The number of halogens is 2. The molecular formula is C21H21F2NO3. The first-order valence-corrected chi connectivity index (χ1v) is 8.80. The maximum Gasteiger partial charge on any atom is 0.348 e. The van der Waals surface area contributed by atoms with Gasteiger partial charge in [0, 0.05) is 32.5 Å². The van der Waals surface area contributed by atoms with Gasteiger partial charge in [0.05, 0.1) is 0 Å². The average Bonchev–Trinajstić information content (AvgIpc) is 2.66. The standard InChI is InChI=1S/C21H21F2NO3/c22-17-9-7-16(8-10-17)4-3-13-24-14-11-21(12-15-24,20(25)26)27-19-6-2-1-5-18(19)23/h1-10H,11-15H2,(H,25,26)/b4-3+. The SMILES string of the molecule is O=C(O)C1(Oc2ccccc2F)CCN(C/C=C/c2ccc(F)cc2)CC1. The molecule has 3 rings (SSSR count). The van der Waals surface area contributed by atoms with Gasteiger partial charge in [-0.3, -0.25) is 4.90 Å². The predicted molar refractivity (Wildman–Crippen MR) is 98.5 cm³/mol. The predicted octanol–water partition coefficient (Wildman–Crippen LogP) is 3.98. The lowest BCUT2D eigenvalue weighted by molar-refractivity contribution is -0.159. The van der Waals surface area contributed by atoms with Crippen molar-refractivity contribution in [2.24, 2.45) is 0 Å². The summed E-state index contributed by atoms with van der Waals surface area (Å²) < 4.78 is 32.4. The summed E-state index contributed by atoms with van der Waals surface area (Å²) in [7, 11) is 0. The Bertz CT molecular complexity index is 812. The highest BCUT2D eigenvalue weighted by Gasteiger charge is 2.44. The Morgan fingerprint density at radius 2 is 1.78 bits per heavy atom. The van der Waals surface area contributed by atoms with Crippen LogP contribution in [0.5, 0.6) is 5.75 Å². The Kier molecular flexibility index (Phi) is 5.86. The molecule has 1 saturated heterocycles. The molecule has 1 heterocycles. The second kappa shape index (κ2) is 8.31. The zero-order valence-electron chi connectivity index (χ0n) is 14.8. The molecule has 0 bridgehead atoms. The molecule has 1 aliphatic heterocycles. The highest BCUT2D eigenvalue weighted by atomic mass is 19.1. The minimum atomic E-state index is -1.42. The molecule has 0 saturated carbocycles. The molecule has 0 spiro atoms. The van der Waals surface area contributed by atoms with E-state index in [2.05, 4.69) is 4.90 Å². The van der Waals surface area contributed by atoms with Gasteiger partial charge >= 0.3 is 5.97 Å². The number of likely N-dealkylation sites (tertiary alicyclic amines) is 1. The third-order valence-corrected chi connectivity index (χ3v) is 4.74. The van der Waals surface area contributed by atoms with E-state index < -0.39 is 17.4 Å². The summed E-state index contributed by atoms with van der Waals surface area (Å²) in [6, 6.07) is 12.0. The Hall–Kier alpha value is -2.73. The maximum absolute atomic E-state index is 13.8. The van der Waals surface area contributed by atoms with Crippen molar-refractivity contribution in [1.82, 2.24) is 4.90 Å². The molecule has 0 aliphatic carbocycles. The molecule has 1 N–H and O–H groups in total. The Morgan fingerprint density at radius 1 is 1.11 bits per heavy atom. The molecule has 0 radical (unpaired) electrons. The van der Waals surface area contributed by atoms with Gasteiger partial charge in [0.2, 0.25) is 5.60 Å². The Balaban J connectivity index is 1.59. The topological polar surface area (TPSA) is 49.8 Å².